The number of carbonyl (C=O) groups is 1. The SMILES string of the molecule is COc1cc(Nc2nccc(-c3ccc(OC4CCOCC4)c(C#N)c3)n2)ccc1C(=O)NCCN(C)C. The van der Waals surface area contributed by atoms with Crippen molar-refractivity contribution in [2.75, 3.05) is 52.8 Å². The lowest BCUT2D eigenvalue weighted by Crippen LogP contribution is -2.31. The molecule has 1 aliphatic rings. The topological polar surface area (TPSA) is 122 Å². The number of carbonyl (C=O) groups excluding carboxylic acids is 1. The third-order valence-corrected chi connectivity index (χ3v) is 6.06. The van der Waals surface area contributed by atoms with Gasteiger partial charge in [0.25, 0.3) is 5.91 Å². The number of nitrogens with one attached hydrogen (secondary N) is 2. The van der Waals surface area contributed by atoms with Crippen LogP contribution in [0.25, 0.3) is 11.3 Å². The third kappa shape index (κ3) is 6.97. The largest absolute Gasteiger partial charge is 0.496 e. The van der Waals surface area contributed by atoms with Gasteiger partial charge in [0.2, 0.25) is 5.95 Å². The summed E-state index contributed by atoms with van der Waals surface area (Å²) in [6, 6.07) is 14.7. The van der Waals surface area contributed by atoms with Gasteiger partial charge in [-0.2, -0.15) is 5.26 Å². The molecule has 0 unspecified atom stereocenters. The third-order valence-electron chi connectivity index (χ3n) is 6.06. The van der Waals surface area contributed by atoms with Gasteiger partial charge in [-0.1, -0.05) is 0 Å². The van der Waals surface area contributed by atoms with E-state index in [9.17, 15) is 10.1 Å². The van der Waals surface area contributed by atoms with Crippen molar-refractivity contribution in [2.24, 2.45) is 0 Å². The molecule has 198 valence electrons. The van der Waals surface area contributed by atoms with Crippen LogP contribution in [-0.4, -0.2) is 74.4 Å². The van der Waals surface area contributed by atoms with E-state index in [2.05, 4.69) is 26.7 Å². The van der Waals surface area contributed by atoms with E-state index in [1.165, 1.54) is 7.11 Å². The summed E-state index contributed by atoms with van der Waals surface area (Å²) in [6.07, 6.45) is 3.30. The minimum Gasteiger partial charge on any atom is -0.496 e. The first-order valence-electron chi connectivity index (χ1n) is 12.5. The number of nitriles is 1. The van der Waals surface area contributed by atoms with Crippen molar-refractivity contribution in [3.8, 4) is 28.8 Å². The Morgan fingerprint density at radius 1 is 1.16 bits per heavy atom. The van der Waals surface area contributed by atoms with E-state index in [1.807, 2.05) is 31.1 Å². The van der Waals surface area contributed by atoms with Crippen molar-refractivity contribution in [1.82, 2.24) is 20.2 Å². The highest BCUT2D eigenvalue weighted by Gasteiger charge is 2.18. The summed E-state index contributed by atoms with van der Waals surface area (Å²) >= 11 is 0. The second-order valence-electron chi connectivity index (χ2n) is 9.12. The van der Waals surface area contributed by atoms with Gasteiger partial charge in [0.15, 0.2) is 0 Å². The maximum atomic E-state index is 12.6. The molecule has 10 nitrogen and oxygen atoms in total. The zero-order chi connectivity index (χ0) is 26.9. The molecule has 2 aromatic carbocycles. The number of nitrogens with zero attached hydrogens (tertiary/aromatic N) is 4. The number of aromatic nitrogens is 2. The van der Waals surface area contributed by atoms with Crippen molar-refractivity contribution >= 4 is 17.5 Å². The van der Waals surface area contributed by atoms with Gasteiger partial charge in [0.05, 0.1) is 37.1 Å². The van der Waals surface area contributed by atoms with Crippen LogP contribution in [0.5, 0.6) is 11.5 Å². The lowest BCUT2D eigenvalue weighted by molar-refractivity contribution is 0.0254. The zero-order valence-electron chi connectivity index (χ0n) is 21.9. The standard InChI is InChI=1S/C28H32N6O4/c1-34(2)13-12-30-27(35)23-6-5-21(17-26(23)36-3)32-28-31-11-8-24(33-28)19-4-7-25(20(16-19)18-29)38-22-9-14-37-15-10-22/h4-8,11,16-17,22H,9-10,12-15H2,1-3H3,(H,30,35)(H,31,32,33). The number of likely N-dealkylation sites (N-methyl/N-ethyl adjacent to an activating group) is 1. The Kier molecular flexibility index (Phi) is 9.08. The van der Waals surface area contributed by atoms with Crippen LogP contribution in [0.1, 0.15) is 28.8 Å². The van der Waals surface area contributed by atoms with Crippen molar-refractivity contribution in [3.05, 3.63) is 59.8 Å². The lowest BCUT2D eigenvalue weighted by atomic mass is 10.1. The lowest BCUT2D eigenvalue weighted by Gasteiger charge is -2.23. The molecule has 0 radical (unpaired) electrons. The van der Waals surface area contributed by atoms with Gasteiger partial charge in [-0.05, 0) is 50.5 Å². The molecule has 0 saturated carbocycles. The number of hydrogen-bond acceptors (Lipinski definition) is 9. The van der Waals surface area contributed by atoms with Gasteiger partial charge in [-0.3, -0.25) is 4.79 Å². The van der Waals surface area contributed by atoms with Crippen LogP contribution in [0, 0.1) is 11.3 Å². The van der Waals surface area contributed by atoms with Crippen molar-refractivity contribution in [2.45, 2.75) is 18.9 Å². The molecule has 1 saturated heterocycles. The Labute approximate surface area is 222 Å². The predicted molar refractivity (Wildman–Crippen MR) is 144 cm³/mol. The van der Waals surface area contributed by atoms with Gasteiger partial charge in [-0.25, -0.2) is 9.97 Å². The van der Waals surface area contributed by atoms with Crippen molar-refractivity contribution < 1.29 is 19.0 Å². The Morgan fingerprint density at radius 2 is 1.97 bits per heavy atom. The summed E-state index contributed by atoms with van der Waals surface area (Å²) in [5, 5.41) is 15.8. The number of ether oxygens (including phenoxy) is 3. The minimum absolute atomic E-state index is 0.0454. The Bertz CT molecular complexity index is 1300. The Morgan fingerprint density at radius 3 is 2.71 bits per heavy atom. The van der Waals surface area contributed by atoms with Crippen molar-refractivity contribution in [3.63, 3.8) is 0 Å². The number of anilines is 2. The highest BCUT2D eigenvalue weighted by Crippen LogP contribution is 2.29. The summed E-state index contributed by atoms with van der Waals surface area (Å²) in [7, 11) is 5.42. The first kappa shape index (κ1) is 26.9. The van der Waals surface area contributed by atoms with Crippen LogP contribution in [0.3, 0.4) is 0 Å². The van der Waals surface area contributed by atoms with E-state index < -0.39 is 0 Å². The minimum atomic E-state index is -0.203. The van der Waals surface area contributed by atoms with Crippen LogP contribution in [0.15, 0.2) is 48.7 Å². The molecule has 3 aromatic rings. The molecule has 0 atom stereocenters. The number of methoxy groups -OCH3 is 1. The average molecular weight is 517 g/mol. The quantitative estimate of drug-likeness (QED) is 0.416. The van der Waals surface area contributed by atoms with Gasteiger partial charge in [0.1, 0.15) is 23.7 Å². The van der Waals surface area contributed by atoms with Crippen LogP contribution in [0.2, 0.25) is 0 Å². The average Bonchev–Trinajstić information content (AvgIpc) is 2.93. The normalized spacial score (nSPS) is 13.6. The number of benzene rings is 2. The summed E-state index contributed by atoms with van der Waals surface area (Å²) < 4.78 is 16.9. The zero-order valence-corrected chi connectivity index (χ0v) is 21.9. The van der Waals surface area contributed by atoms with Gasteiger partial charge < -0.3 is 29.7 Å². The molecule has 1 amide bonds. The molecule has 10 heteroatoms. The molecule has 4 rings (SSSR count). The molecule has 2 heterocycles. The summed E-state index contributed by atoms with van der Waals surface area (Å²) in [5.41, 5.74) is 2.99. The molecule has 2 N–H and O–H groups in total. The number of amides is 1. The number of rotatable bonds is 10. The molecule has 0 spiro atoms. The summed E-state index contributed by atoms with van der Waals surface area (Å²) in [5.74, 6) is 1.17. The fraction of sp³-hybridized carbons (Fsp3) is 0.357. The molecule has 1 fully saturated rings. The van der Waals surface area contributed by atoms with Crippen LogP contribution in [-0.2, 0) is 4.74 Å². The molecular formula is C28H32N6O4. The number of hydrogen-bond donors (Lipinski definition) is 2. The molecule has 38 heavy (non-hydrogen) atoms. The molecular weight excluding hydrogens is 484 g/mol. The fourth-order valence-corrected chi connectivity index (χ4v) is 4.01. The Balaban J connectivity index is 1.48. The first-order valence-corrected chi connectivity index (χ1v) is 12.5. The fourth-order valence-electron chi connectivity index (χ4n) is 4.01. The smallest absolute Gasteiger partial charge is 0.255 e. The van der Waals surface area contributed by atoms with Crippen LogP contribution in [0.4, 0.5) is 11.6 Å². The summed E-state index contributed by atoms with van der Waals surface area (Å²) in [6.45, 7) is 2.61. The molecule has 0 bridgehead atoms. The van der Waals surface area contributed by atoms with E-state index >= 15 is 0 Å². The maximum absolute atomic E-state index is 12.6. The molecule has 0 aliphatic carbocycles. The van der Waals surface area contributed by atoms with E-state index in [4.69, 9.17) is 14.2 Å². The summed E-state index contributed by atoms with van der Waals surface area (Å²) in [4.78, 5) is 23.5. The second-order valence-corrected chi connectivity index (χ2v) is 9.12. The monoisotopic (exact) mass is 516 g/mol. The first-order chi connectivity index (χ1) is 18.5. The maximum Gasteiger partial charge on any atom is 0.255 e. The second kappa shape index (κ2) is 12.9. The highest BCUT2D eigenvalue weighted by molar-refractivity contribution is 5.97. The van der Waals surface area contributed by atoms with Gasteiger partial charge in [0, 0.05) is 49.4 Å². The van der Waals surface area contributed by atoms with E-state index in [0.717, 1.165) is 24.9 Å². The predicted octanol–water partition coefficient (Wildman–Crippen LogP) is 3.62. The van der Waals surface area contributed by atoms with Crippen LogP contribution < -0.4 is 20.1 Å². The van der Waals surface area contributed by atoms with E-state index in [1.54, 1.807) is 36.5 Å². The molecule has 1 aromatic heterocycles. The molecule has 1 aliphatic heterocycles. The van der Waals surface area contributed by atoms with Crippen LogP contribution >= 0.6 is 0 Å². The van der Waals surface area contributed by atoms with Gasteiger partial charge in [-0.15, -0.1) is 0 Å². The van der Waals surface area contributed by atoms with Crippen molar-refractivity contribution in [1.29, 1.82) is 5.26 Å². The van der Waals surface area contributed by atoms with Gasteiger partial charge >= 0.3 is 0 Å². The Hall–Kier alpha value is -4.20. The highest BCUT2D eigenvalue weighted by atomic mass is 16.5. The van der Waals surface area contributed by atoms with E-state index in [-0.39, 0.29) is 12.0 Å². The van der Waals surface area contributed by atoms with E-state index in [0.29, 0.717) is 59.7 Å².